The average Bonchev–Trinajstić information content (AvgIpc) is 2.57. The van der Waals surface area contributed by atoms with Gasteiger partial charge >= 0.3 is 0 Å². The molecule has 3 rings (SSSR count). The van der Waals surface area contributed by atoms with E-state index in [0.717, 1.165) is 58.5 Å². The van der Waals surface area contributed by atoms with Gasteiger partial charge in [-0.3, -0.25) is 4.90 Å². The van der Waals surface area contributed by atoms with Crippen LogP contribution in [0.5, 0.6) is 0 Å². The van der Waals surface area contributed by atoms with Crippen LogP contribution >= 0.6 is 0 Å². The van der Waals surface area contributed by atoms with Crippen molar-refractivity contribution >= 4 is 12.0 Å². The first-order valence-corrected chi connectivity index (χ1v) is 8.36. The fourth-order valence-electron chi connectivity index (χ4n) is 3.69. The number of morpholine rings is 1. The van der Waals surface area contributed by atoms with Crippen LogP contribution in [0, 0.1) is 12.8 Å². The van der Waals surface area contributed by atoms with Crippen LogP contribution in [0.1, 0.15) is 18.4 Å². The van der Waals surface area contributed by atoms with Crippen LogP contribution in [-0.4, -0.2) is 56.6 Å². The third-order valence-corrected chi connectivity index (χ3v) is 5.00. The van der Waals surface area contributed by atoms with Gasteiger partial charge in [-0.15, -0.1) is 0 Å². The zero-order valence-corrected chi connectivity index (χ0v) is 13.4. The van der Waals surface area contributed by atoms with Crippen LogP contribution < -0.4 is 4.90 Å². The van der Waals surface area contributed by atoms with Crippen molar-refractivity contribution in [1.29, 1.82) is 0 Å². The Balaban J connectivity index is 1.59. The van der Waals surface area contributed by atoms with Crippen LogP contribution in [0.2, 0.25) is 0 Å². The van der Waals surface area contributed by atoms with E-state index in [1.165, 1.54) is 11.3 Å². The summed E-state index contributed by atoms with van der Waals surface area (Å²) in [7, 11) is 0. The monoisotopic (exact) mass is 302 g/mol. The van der Waals surface area contributed by atoms with E-state index < -0.39 is 0 Å². The first-order valence-electron chi connectivity index (χ1n) is 8.36. The summed E-state index contributed by atoms with van der Waals surface area (Å²) in [6.07, 6.45) is 3.35. The first kappa shape index (κ1) is 15.5. The normalized spacial score (nSPS) is 22.5. The van der Waals surface area contributed by atoms with Gasteiger partial charge in [-0.05, 0) is 43.4 Å². The van der Waals surface area contributed by atoms with Crippen molar-refractivity contribution in [1.82, 2.24) is 4.90 Å². The number of hydrogen-bond acceptors (Lipinski definition) is 4. The molecule has 0 aromatic heterocycles. The quantitative estimate of drug-likeness (QED) is 0.798. The molecular weight excluding hydrogens is 276 g/mol. The van der Waals surface area contributed by atoms with Crippen LogP contribution in [-0.2, 0) is 9.53 Å². The topological polar surface area (TPSA) is 32.8 Å². The SMILES string of the molecule is Cc1cccc(N2CCC(C(C=O)N3CCOCC3)CC2)c1. The van der Waals surface area contributed by atoms with E-state index in [-0.39, 0.29) is 6.04 Å². The van der Waals surface area contributed by atoms with Crippen molar-refractivity contribution in [2.45, 2.75) is 25.8 Å². The Morgan fingerprint density at radius 3 is 2.55 bits per heavy atom. The van der Waals surface area contributed by atoms with Gasteiger partial charge in [0.1, 0.15) is 6.29 Å². The lowest BCUT2D eigenvalue weighted by molar-refractivity contribution is -0.116. The summed E-state index contributed by atoms with van der Waals surface area (Å²) in [6, 6.07) is 8.77. The minimum atomic E-state index is 0.0727. The molecule has 0 bridgehead atoms. The van der Waals surface area contributed by atoms with Crippen molar-refractivity contribution in [2.75, 3.05) is 44.3 Å². The van der Waals surface area contributed by atoms with E-state index in [4.69, 9.17) is 4.74 Å². The first-order chi connectivity index (χ1) is 10.8. The van der Waals surface area contributed by atoms with Gasteiger partial charge in [0.05, 0.1) is 19.3 Å². The second kappa shape index (κ2) is 7.25. The van der Waals surface area contributed by atoms with Gasteiger partial charge in [0.25, 0.3) is 0 Å². The Bertz CT molecular complexity index is 492. The molecule has 1 aromatic carbocycles. The van der Waals surface area contributed by atoms with E-state index >= 15 is 0 Å². The van der Waals surface area contributed by atoms with Crippen molar-refractivity contribution in [3.8, 4) is 0 Å². The zero-order chi connectivity index (χ0) is 15.4. The van der Waals surface area contributed by atoms with Crippen LogP contribution in [0.25, 0.3) is 0 Å². The zero-order valence-electron chi connectivity index (χ0n) is 13.4. The number of carbonyl (C=O) groups excluding carboxylic acids is 1. The summed E-state index contributed by atoms with van der Waals surface area (Å²) in [6.45, 7) is 7.52. The molecule has 2 aliphatic heterocycles. The number of carbonyl (C=O) groups is 1. The summed E-state index contributed by atoms with van der Waals surface area (Å²) >= 11 is 0. The molecule has 4 nitrogen and oxygen atoms in total. The number of hydrogen-bond donors (Lipinski definition) is 0. The molecule has 120 valence electrons. The molecule has 0 saturated carbocycles. The third-order valence-electron chi connectivity index (χ3n) is 5.00. The number of nitrogens with zero attached hydrogens (tertiary/aromatic N) is 2. The number of aldehydes is 1. The number of rotatable bonds is 4. The van der Waals surface area contributed by atoms with Crippen molar-refractivity contribution in [3.05, 3.63) is 29.8 Å². The molecule has 1 unspecified atom stereocenters. The predicted molar refractivity (Wildman–Crippen MR) is 88.4 cm³/mol. The molecule has 0 aliphatic carbocycles. The largest absolute Gasteiger partial charge is 0.379 e. The maximum atomic E-state index is 11.6. The van der Waals surface area contributed by atoms with Crippen molar-refractivity contribution in [2.24, 2.45) is 5.92 Å². The van der Waals surface area contributed by atoms with Crippen molar-refractivity contribution < 1.29 is 9.53 Å². The van der Waals surface area contributed by atoms with E-state index in [2.05, 4.69) is 41.0 Å². The lowest BCUT2D eigenvalue weighted by Crippen LogP contribution is -2.50. The molecule has 1 atom stereocenters. The predicted octanol–water partition coefficient (Wildman–Crippen LogP) is 2.11. The van der Waals surface area contributed by atoms with Gasteiger partial charge in [0, 0.05) is 31.9 Å². The molecule has 0 radical (unpaired) electrons. The number of anilines is 1. The molecule has 2 heterocycles. The van der Waals surface area contributed by atoms with Gasteiger partial charge in [0.15, 0.2) is 0 Å². The Labute approximate surface area is 133 Å². The standard InChI is InChI=1S/C18H26N2O2/c1-15-3-2-4-17(13-15)19-7-5-16(6-8-19)18(14-21)20-9-11-22-12-10-20/h2-4,13-14,16,18H,5-12H2,1H3. The number of piperidine rings is 1. The van der Waals surface area contributed by atoms with E-state index in [9.17, 15) is 4.79 Å². The Morgan fingerprint density at radius 2 is 1.91 bits per heavy atom. The highest BCUT2D eigenvalue weighted by Crippen LogP contribution is 2.27. The molecule has 0 spiro atoms. The summed E-state index contributed by atoms with van der Waals surface area (Å²) in [4.78, 5) is 16.4. The Hall–Kier alpha value is -1.39. The summed E-state index contributed by atoms with van der Waals surface area (Å²) < 4.78 is 5.40. The second-order valence-electron chi connectivity index (χ2n) is 6.44. The maximum absolute atomic E-state index is 11.6. The highest BCUT2D eigenvalue weighted by Gasteiger charge is 2.31. The fraction of sp³-hybridized carbons (Fsp3) is 0.611. The highest BCUT2D eigenvalue weighted by atomic mass is 16.5. The molecule has 1 aromatic rings. The van der Waals surface area contributed by atoms with E-state index in [0.29, 0.717) is 5.92 Å². The molecule has 2 saturated heterocycles. The lowest BCUT2D eigenvalue weighted by atomic mass is 9.88. The van der Waals surface area contributed by atoms with Gasteiger partial charge in [0.2, 0.25) is 0 Å². The second-order valence-corrected chi connectivity index (χ2v) is 6.44. The Morgan fingerprint density at radius 1 is 1.18 bits per heavy atom. The number of aryl methyl sites for hydroxylation is 1. The molecule has 2 fully saturated rings. The molecule has 0 amide bonds. The van der Waals surface area contributed by atoms with Crippen LogP contribution in [0.15, 0.2) is 24.3 Å². The van der Waals surface area contributed by atoms with Crippen LogP contribution in [0.4, 0.5) is 5.69 Å². The van der Waals surface area contributed by atoms with Crippen molar-refractivity contribution in [3.63, 3.8) is 0 Å². The molecular formula is C18H26N2O2. The van der Waals surface area contributed by atoms with Crippen LogP contribution in [0.3, 0.4) is 0 Å². The average molecular weight is 302 g/mol. The minimum Gasteiger partial charge on any atom is -0.379 e. The number of benzene rings is 1. The van der Waals surface area contributed by atoms with E-state index in [1.807, 2.05) is 0 Å². The molecule has 2 aliphatic rings. The van der Waals surface area contributed by atoms with Gasteiger partial charge in [-0.25, -0.2) is 0 Å². The maximum Gasteiger partial charge on any atom is 0.137 e. The third kappa shape index (κ3) is 3.50. The van der Waals surface area contributed by atoms with Gasteiger partial charge in [-0.1, -0.05) is 12.1 Å². The summed E-state index contributed by atoms with van der Waals surface area (Å²) in [5.74, 6) is 0.483. The lowest BCUT2D eigenvalue weighted by Gasteiger charge is -2.40. The van der Waals surface area contributed by atoms with E-state index in [1.54, 1.807) is 0 Å². The molecule has 4 heteroatoms. The summed E-state index contributed by atoms with van der Waals surface area (Å²) in [5, 5.41) is 0. The molecule has 22 heavy (non-hydrogen) atoms. The Kier molecular flexibility index (Phi) is 5.11. The summed E-state index contributed by atoms with van der Waals surface area (Å²) in [5.41, 5.74) is 2.62. The molecule has 0 N–H and O–H groups in total. The number of ether oxygens (including phenoxy) is 1. The smallest absolute Gasteiger partial charge is 0.137 e. The highest BCUT2D eigenvalue weighted by molar-refractivity contribution is 5.58. The van der Waals surface area contributed by atoms with Gasteiger partial charge in [-0.2, -0.15) is 0 Å². The van der Waals surface area contributed by atoms with Gasteiger partial charge < -0.3 is 14.4 Å². The fourth-order valence-corrected chi connectivity index (χ4v) is 3.69. The minimum absolute atomic E-state index is 0.0727.